The van der Waals surface area contributed by atoms with Gasteiger partial charge < -0.3 is 10.2 Å². The summed E-state index contributed by atoms with van der Waals surface area (Å²) in [5, 5.41) is 35.4. The maximum Gasteiger partial charge on any atom is 0.331 e. The van der Waals surface area contributed by atoms with Crippen LogP contribution in [0, 0.1) is 0 Å². The lowest BCUT2D eigenvalue weighted by molar-refractivity contribution is -0.138. The Labute approximate surface area is 231 Å². The maximum atomic E-state index is 12.3. The summed E-state index contributed by atoms with van der Waals surface area (Å²) in [6, 6.07) is 23.3. The van der Waals surface area contributed by atoms with Crippen molar-refractivity contribution in [2.24, 2.45) is 0 Å². The van der Waals surface area contributed by atoms with Crippen LogP contribution in [-0.4, -0.2) is 52.1 Å². The van der Waals surface area contributed by atoms with Gasteiger partial charge in [-0.3, -0.25) is 9.59 Å². The lowest BCUT2D eigenvalue weighted by Crippen LogP contribution is -2.27. The van der Waals surface area contributed by atoms with Gasteiger partial charge in [0.2, 0.25) is 0 Å². The Balaban J connectivity index is 0.000000162. The van der Waals surface area contributed by atoms with Gasteiger partial charge in [-0.15, -0.1) is 5.10 Å². The van der Waals surface area contributed by atoms with Crippen molar-refractivity contribution < 1.29 is 19.8 Å². The molecule has 1 unspecified atom stereocenters. The van der Waals surface area contributed by atoms with Crippen molar-refractivity contribution in [2.75, 3.05) is 0 Å². The van der Waals surface area contributed by atoms with Crippen LogP contribution in [0.4, 0.5) is 0 Å². The minimum atomic E-state index is -1.10. The highest BCUT2D eigenvalue weighted by molar-refractivity contribution is 6.31. The zero-order chi connectivity index (χ0) is 28.2. The van der Waals surface area contributed by atoms with E-state index in [9.17, 15) is 14.4 Å². The van der Waals surface area contributed by atoms with E-state index in [0.717, 1.165) is 21.2 Å². The Bertz CT molecular complexity index is 1820. The molecule has 1 aliphatic heterocycles. The van der Waals surface area contributed by atoms with Crippen molar-refractivity contribution >= 4 is 34.3 Å². The SMILES string of the molecule is O=C(O)C1=CC(c2ccccc2Cl)n2nnnc2C1.O=C(O)Cn1nc(-c2ccccc2)c2ccccc2c1=O. The lowest BCUT2D eigenvalue weighted by atomic mass is 9.99. The first-order valence-electron chi connectivity index (χ1n) is 12.1. The van der Waals surface area contributed by atoms with E-state index >= 15 is 0 Å². The molecule has 5 aromatic rings. The van der Waals surface area contributed by atoms with Crippen molar-refractivity contribution in [1.82, 2.24) is 30.0 Å². The molecule has 3 heterocycles. The topological polar surface area (TPSA) is 153 Å². The Hall–Kier alpha value is -5.16. The van der Waals surface area contributed by atoms with Crippen LogP contribution in [0.5, 0.6) is 0 Å². The number of aliphatic carboxylic acids is 2. The summed E-state index contributed by atoms with van der Waals surface area (Å²) in [6.07, 6.45) is 1.84. The van der Waals surface area contributed by atoms with Gasteiger partial charge >= 0.3 is 11.9 Å². The molecule has 0 amide bonds. The van der Waals surface area contributed by atoms with Gasteiger partial charge in [0.05, 0.1) is 11.1 Å². The summed E-state index contributed by atoms with van der Waals surface area (Å²) in [6.45, 7) is -0.455. The van der Waals surface area contributed by atoms with E-state index in [1.807, 2.05) is 60.7 Å². The van der Waals surface area contributed by atoms with Crippen LogP contribution >= 0.6 is 11.6 Å². The van der Waals surface area contributed by atoms with E-state index in [1.165, 1.54) is 0 Å². The van der Waals surface area contributed by atoms with Gasteiger partial charge in [0.15, 0.2) is 5.82 Å². The normalized spacial score (nSPS) is 14.0. The second-order valence-corrected chi connectivity index (χ2v) is 9.20. The highest BCUT2D eigenvalue weighted by Crippen LogP contribution is 2.31. The average molecular weight is 557 g/mol. The Morgan fingerprint density at radius 2 is 1.60 bits per heavy atom. The van der Waals surface area contributed by atoms with Gasteiger partial charge in [-0.1, -0.05) is 78.3 Å². The first-order valence-corrected chi connectivity index (χ1v) is 12.4. The van der Waals surface area contributed by atoms with Gasteiger partial charge in [0, 0.05) is 28.0 Å². The Kier molecular flexibility index (Phi) is 7.47. The number of allylic oxidation sites excluding steroid dienone is 1. The highest BCUT2D eigenvalue weighted by Gasteiger charge is 2.27. The third kappa shape index (κ3) is 5.36. The molecule has 1 aliphatic rings. The number of aromatic nitrogens is 6. The average Bonchev–Trinajstić information content (AvgIpc) is 3.44. The number of fused-ring (bicyclic) bond motifs is 2. The predicted molar refractivity (Wildman–Crippen MR) is 146 cm³/mol. The number of carbonyl (C=O) groups is 2. The second kappa shape index (κ2) is 11.3. The molecule has 6 rings (SSSR count). The number of hydrogen-bond acceptors (Lipinski definition) is 7. The summed E-state index contributed by atoms with van der Waals surface area (Å²) in [5.41, 5.74) is 2.09. The summed E-state index contributed by atoms with van der Waals surface area (Å²) < 4.78 is 2.58. The molecule has 11 nitrogen and oxygen atoms in total. The zero-order valence-electron chi connectivity index (χ0n) is 20.8. The molecule has 2 aromatic heterocycles. The first kappa shape index (κ1) is 26.4. The van der Waals surface area contributed by atoms with Crippen LogP contribution in [0.3, 0.4) is 0 Å². The van der Waals surface area contributed by atoms with Crippen molar-refractivity contribution in [2.45, 2.75) is 19.0 Å². The summed E-state index contributed by atoms with van der Waals surface area (Å²) in [4.78, 5) is 34.4. The fraction of sp³-hybridized carbons (Fsp3) is 0.107. The van der Waals surface area contributed by atoms with E-state index in [0.29, 0.717) is 21.9 Å². The minimum absolute atomic E-state index is 0.212. The smallest absolute Gasteiger partial charge is 0.331 e. The second-order valence-electron chi connectivity index (χ2n) is 8.80. The number of halogens is 1. The molecule has 2 N–H and O–H groups in total. The molecular formula is C28H21ClN6O5. The Morgan fingerprint density at radius 3 is 2.30 bits per heavy atom. The van der Waals surface area contributed by atoms with E-state index in [2.05, 4.69) is 20.6 Å². The van der Waals surface area contributed by atoms with Gasteiger partial charge in [-0.05, 0) is 34.2 Å². The van der Waals surface area contributed by atoms with Gasteiger partial charge in [0.25, 0.3) is 5.56 Å². The van der Waals surface area contributed by atoms with Crippen LogP contribution in [0.1, 0.15) is 17.4 Å². The fourth-order valence-corrected chi connectivity index (χ4v) is 4.65. The third-order valence-electron chi connectivity index (χ3n) is 6.23. The molecule has 40 heavy (non-hydrogen) atoms. The van der Waals surface area contributed by atoms with E-state index in [-0.39, 0.29) is 12.0 Å². The molecule has 0 spiro atoms. The molecule has 0 aliphatic carbocycles. The van der Waals surface area contributed by atoms with Crippen LogP contribution in [0.2, 0.25) is 5.02 Å². The summed E-state index contributed by atoms with van der Waals surface area (Å²) in [7, 11) is 0. The van der Waals surface area contributed by atoms with Crippen LogP contribution < -0.4 is 5.56 Å². The van der Waals surface area contributed by atoms with Crippen molar-refractivity contribution in [3.8, 4) is 11.3 Å². The molecule has 1 atom stereocenters. The van der Waals surface area contributed by atoms with Crippen LogP contribution in [0.25, 0.3) is 22.0 Å². The molecule has 200 valence electrons. The molecule has 12 heteroatoms. The van der Waals surface area contributed by atoms with Crippen molar-refractivity contribution in [3.05, 3.63) is 117 Å². The van der Waals surface area contributed by atoms with E-state index < -0.39 is 30.1 Å². The standard InChI is InChI=1S/C16H12N2O3.C12H9ClN4O2/c19-14(20)10-18-16(21)13-9-5-4-8-12(13)15(17-18)11-6-2-1-3-7-11;13-9-4-2-1-3-8(9)10-5-7(12(18)19)6-11-14-15-16-17(10)11/h1-9H,10H2,(H,19,20);1-5,10H,6H2,(H,18,19). The number of carboxylic acid groups (broad SMARTS) is 2. The zero-order valence-corrected chi connectivity index (χ0v) is 21.5. The molecule has 3 aromatic carbocycles. The quantitative estimate of drug-likeness (QED) is 0.330. The number of hydrogen-bond donors (Lipinski definition) is 2. The Morgan fingerprint density at radius 1 is 0.925 bits per heavy atom. The molecule has 0 saturated carbocycles. The molecule has 0 bridgehead atoms. The monoisotopic (exact) mass is 556 g/mol. The van der Waals surface area contributed by atoms with Crippen molar-refractivity contribution in [1.29, 1.82) is 0 Å². The fourth-order valence-electron chi connectivity index (χ4n) is 4.40. The molecular weight excluding hydrogens is 536 g/mol. The number of carboxylic acids is 2. The number of rotatable bonds is 5. The minimum Gasteiger partial charge on any atom is -0.480 e. The van der Waals surface area contributed by atoms with Gasteiger partial charge in [0.1, 0.15) is 12.6 Å². The summed E-state index contributed by atoms with van der Waals surface area (Å²) >= 11 is 6.16. The number of nitrogens with zero attached hydrogens (tertiary/aromatic N) is 6. The molecule has 0 saturated heterocycles. The van der Waals surface area contributed by atoms with Crippen LogP contribution in [-0.2, 0) is 22.6 Å². The lowest BCUT2D eigenvalue weighted by Gasteiger charge is -2.21. The van der Waals surface area contributed by atoms with Gasteiger partial charge in [-0.25, -0.2) is 14.2 Å². The first-order chi connectivity index (χ1) is 19.3. The molecule has 0 radical (unpaired) electrons. The van der Waals surface area contributed by atoms with Crippen molar-refractivity contribution in [3.63, 3.8) is 0 Å². The maximum absolute atomic E-state index is 12.3. The number of benzene rings is 3. The highest BCUT2D eigenvalue weighted by atomic mass is 35.5. The van der Waals surface area contributed by atoms with Gasteiger partial charge in [-0.2, -0.15) is 5.10 Å². The number of tetrazole rings is 1. The van der Waals surface area contributed by atoms with E-state index in [4.69, 9.17) is 21.8 Å². The van der Waals surface area contributed by atoms with Crippen LogP contribution in [0.15, 0.2) is 95.3 Å². The summed E-state index contributed by atoms with van der Waals surface area (Å²) in [5.74, 6) is -1.55. The molecule has 0 fully saturated rings. The largest absolute Gasteiger partial charge is 0.480 e. The third-order valence-corrected chi connectivity index (χ3v) is 6.57. The van der Waals surface area contributed by atoms with E-state index in [1.54, 1.807) is 29.0 Å². The predicted octanol–water partition coefficient (Wildman–Crippen LogP) is 3.63.